The number of aromatic nitrogens is 2. The highest BCUT2D eigenvalue weighted by atomic mass is 35.5. The summed E-state index contributed by atoms with van der Waals surface area (Å²) in [6.45, 7) is 4.15. The summed E-state index contributed by atoms with van der Waals surface area (Å²) < 4.78 is 2.09. The van der Waals surface area contributed by atoms with Crippen LogP contribution < -0.4 is 5.32 Å². The van der Waals surface area contributed by atoms with Gasteiger partial charge in [0.15, 0.2) is 5.65 Å². The molecule has 0 aliphatic carbocycles. The molecular weight excluding hydrogens is 428 g/mol. The third-order valence-electron chi connectivity index (χ3n) is 6.21. The minimum atomic E-state index is 0.0490. The molecule has 2 heterocycles. The van der Waals surface area contributed by atoms with Crippen molar-refractivity contribution < 1.29 is 0 Å². The smallest absolute Gasteiger partial charge is 0.157 e. The number of pyridine rings is 1. The number of nitrogens with one attached hydrogen (secondary N) is 1. The van der Waals surface area contributed by atoms with Crippen LogP contribution in [0.15, 0.2) is 78.9 Å². The Balaban J connectivity index is 1.80. The van der Waals surface area contributed by atoms with Crippen molar-refractivity contribution in [1.82, 2.24) is 9.38 Å². The van der Waals surface area contributed by atoms with Crippen LogP contribution in [0.5, 0.6) is 0 Å². The fraction of sp³-hybridized carbons (Fsp3) is 0.143. The Morgan fingerprint density at radius 1 is 1.00 bits per heavy atom. The first-order valence-corrected chi connectivity index (χ1v) is 11.3. The molecule has 5 rings (SSSR count). The van der Waals surface area contributed by atoms with E-state index in [1.807, 2.05) is 73.7 Å². The van der Waals surface area contributed by atoms with Gasteiger partial charge in [0.25, 0.3) is 0 Å². The zero-order valence-corrected chi connectivity index (χ0v) is 19.3. The summed E-state index contributed by atoms with van der Waals surface area (Å²) in [4.78, 5) is 4.83. The highest BCUT2D eigenvalue weighted by Gasteiger charge is 2.22. The average Bonchev–Trinajstić information content (AvgIpc) is 3.22. The molecule has 0 saturated heterocycles. The van der Waals surface area contributed by atoms with Gasteiger partial charge in [0, 0.05) is 23.0 Å². The van der Waals surface area contributed by atoms with E-state index in [0.717, 1.165) is 33.5 Å². The number of halogens is 1. The van der Waals surface area contributed by atoms with Crippen LogP contribution >= 0.6 is 11.6 Å². The highest BCUT2D eigenvalue weighted by molar-refractivity contribution is 6.31. The molecule has 0 spiro atoms. The van der Waals surface area contributed by atoms with E-state index in [2.05, 4.69) is 34.8 Å². The fourth-order valence-electron chi connectivity index (χ4n) is 4.42. The van der Waals surface area contributed by atoms with E-state index in [4.69, 9.17) is 16.6 Å². The van der Waals surface area contributed by atoms with Crippen LogP contribution in [0.25, 0.3) is 16.7 Å². The Hall–Kier alpha value is -3.81. The lowest BCUT2D eigenvalue weighted by molar-refractivity contribution is 0.862. The van der Waals surface area contributed by atoms with Gasteiger partial charge in [-0.15, -0.1) is 0 Å². The Labute approximate surface area is 198 Å². The quantitative estimate of drug-likeness (QED) is 0.311. The van der Waals surface area contributed by atoms with Crippen molar-refractivity contribution in [2.45, 2.75) is 26.3 Å². The monoisotopic (exact) mass is 450 g/mol. The van der Waals surface area contributed by atoms with E-state index in [1.165, 1.54) is 5.56 Å². The predicted molar refractivity (Wildman–Crippen MR) is 135 cm³/mol. The van der Waals surface area contributed by atoms with Crippen LogP contribution in [0.4, 0.5) is 5.82 Å². The van der Waals surface area contributed by atoms with Gasteiger partial charge in [-0.3, -0.25) is 4.40 Å². The number of benzene rings is 3. The molecule has 1 N–H and O–H groups in total. The molecule has 0 radical (unpaired) electrons. The lowest BCUT2D eigenvalue weighted by Gasteiger charge is -2.23. The summed E-state index contributed by atoms with van der Waals surface area (Å²) in [7, 11) is 0. The number of anilines is 1. The van der Waals surface area contributed by atoms with Crippen molar-refractivity contribution in [3.05, 3.63) is 112 Å². The van der Waals surface area contributed by atoms with Crippen molar-refractivity contribution in [2.24, 2.45) is 0 Å². The van der Waals surface area contributed by atoms with Gasteiger partial charge in [0.05, 0.1) is 16.6 Å². The number of nitrogens with zero attached hydrogens (tertiary/aromatic N) is 3. The Kier molecular flexibility index (Phi) is 5.50. The predicted octanol–water partition coefficient (Wildman–Crippen LogP) is 7.08. The van der Waals surface area contributed by atoms with Crippen LogP contribution in [0, 0.1) is 18.3 Å². The Morgan fingerprint density at radius 2 is 1.70 bits per heavy atom. The number of rotatable bonds is 5. The summed E-state index contributed by atoms with van der Waals surface area (Å²) >= 11 is 6.54. The second kappa shape index (κ2) is 8.61. The topological polar surface area (TPSA) is 53.1 Å². The maximum absolute atomic E-state index is 10.1. The molecule has 0 aliphatic heterocycles. The summed E-state index contributed by atoms with van der Waals surface area (Å²) in [5, 5.41) is 14.6. The van der Waals surface area contributed by atoms with E-state index in [0.29, 0.717) is 22.7 Å². The molecule has 0 saturated carbocycles. The maximum atomic E-state index is 10.1. The zero-order valence-electron chi connectivity index (χ0n) is 18.5. The third-order valence-corrected chi connectivity index (χ3v) is 6.58. The van der Waals surface area contributed by atoms with E-state index in [9.17, 15) is 5.26 Å². The van der Waals surface area contributed by atoms with Crippen LogP contribution in [0.2, 0.25) is 5.02 Å². The first-order chi connectivity index (χ1) is 16.1. The minimum Gasteiger partial charge on any atom is -0.364 e. The summed E-state index contributed by atoms with van der Waals surface area (Å²) in [6.07, 6.45) is 0.604. The number of imidazole rings is 1. The van der Waals surface area contributed by atoms with E-state index in [-0.39, 0.29) is 6.04 Å². The summed E-state index contributed by atoms with van der Waals surface area (Å²) in [5.74, 6) is 0.937. The molecule has 5 aromatic rings. The number of para-hydroxylation sites is 2. The molecule has 33 heavy (non-hydrogen) atoms. The number of hydrogen-bond acceptors (Lipinski definition) is 3. The molecule has 1 atom stereocenters. The lowest BCUT2D eigenvalue weighted by Crippen LogP contribution is -2.15. The third kappa shape index (κ3) is 3.71. The Morgan fingerprint density at radius 3 is 2.45 bits per heavy atom. The van der Waals surface area contributed by atoms with Gasteiger partial charge in [-0.25, -0.2) is 4.98 Å². The molecule has 1 unspecified atom stereocenters. The van der Waals surface area contributed by atoms with Gasteiger partial charge in [-0.2, -0.15) is 5.26 Å². The van der Waals surface area contributed by atoms with E-state index >= 15 is 0 Å². The minimum absolute atomic E-state index is 0.0490. The molecule has 2 aromatic heterocycles. The van der Waals surface area contributed by atoms with E-state index < -0.39 is 0 Å². The molecule has 0 amide bonds. The largest absolute Gasteiger partial charge is 0.364 e. The SMILES string of the molecule is Cc1c(Cc2ccccc2Cl)c(NC(C)c2ccccc2)n2c(nc3ccccc32)c1C#N. The van der Waals surface area contributed by atoms with Crippen molar-refractivity contribution in [1.29, 1.82) is 5.26 Å². The van der Waals surface area contributed by atoms with Gasteiger partial charge in [-0.05, 0) is 48.7 Å². The molecule has 0 fully saturated rings. The zero-order chi connectivity index (χ0) is 22.9. The second-order valence-corrected chi connectivity index (χ2v) is 8.65. The van der Waals surface area contributed by atoms with Gasteiger partial charge in [-0.1, -0.05) is 72.3 Å². The highest BCUT2D eigenvalue weighted by Crippen LogP contribution is 2.35. The molecule has 162 valence electrons. The maximum Gasteiger partial charge on any atom is 0.157 e. The van der Waals surface area contributed by atoms with E-state index in [1.54, 1.807) is 0 Å². The molecule has 5 heteroatoms. The normalized spacial score (nSPS) is 12.1. The fourth-order valence-corrected chi connectivity index (χ4v) is 4.62. The van der Waals surface area contributed by atoms with Crippen molar-refractivity contribution in [2.75, 3.05) is 5.32 Å². The van der Waals surface area contributed by atoms with Crippen LogP contribution in [-0.2, 0) is 6.42 Å². The van der Waals surface area contributed by atoms with Crippen LogP contribution in [0.1, 0.15) is 40.8 Å². The molecule has 4 nitrogen and oxygen atoms in total. The first kappa shape index (κ1) is 21.1. The Bertz CT molecular complexity index is 1510. The summed E-state index contributed by atoms with van der Waals surface area (Å²) in [6, 6.07) is 28.7. The molecule has 0 bridgehead atoms. The van der Waals surface area contributed by atoms with Gasteiger partial charge in [0.1, 0.15) is 11.9 Å². The first-order valence-electron chi connectivity index (χ1n) is 11.0. The van der Waals surface area contributed by atoms with Crippen molar-refractivity contribution >= 4 is 34.1 Å². The van der Waals surface area contributed by atoms with Crippen LogP contribution in [0.3, 0.4) is 0 Å². The standard InChI is InChI=1S/C28H23ClN4/c1-18-22(16-21-12-6-7-13-24(21)29)27(31-19(2)20-10-4-3-5-11-20)33-26-15-9-8-14-25(26)32-28(33)23(18)17-30/h3-15,19,31H,16H2,1-2H3. The van der Waals surface area contributed by atoms with Gasteiger partial charge < -0.3 is 5.32 Å². The van der Waals surface area contributed by atoms with Crippen molar-refractivity contribution in [3.63, 3.8) is 0 Å². The number of hydrogen-bond donors (Lipinski definition) is 1. The second-order valence-electron chi connectivity index (χ2n) is 8.24. The van der Waals surface area contributed by atoms with Gasteiger partial charge in [0.2, 0.25) is 0 Å². The molecule has 3 aromatic carbocycles. The number of nitriles is 1. The molecule has 0 aliphatic rings. The molecular formula is C28H23ClN4. The average molecular weight is 451 g/mol. The summed E-state index contributed by atoms with van der Waals surface area (Å²) in [5.41, 5.74) is 7.24. The lowest BCUT2D eigenvalue weighted by atomic mass is 9.97. The van der Waals surface area contributed by atoms with Crippen LogP contribution in [-0.4, -0.2) is 9.38 Å². The number of fused-ring (bicyclic) bond motifs is 3. The van der Waals surface area contributed by atoms with Gasteiger partial charge >= 0.3 is 0 Å². The van der Waals surface area contributed by atoms with Crippen molar-refractivity contribution in [3.8, 4) is 6.07 Å².